The molecule has 1 amide bonds. The Morgan fingerprint density at radius 3 is 2.96 bits per heavy atom. The number of anilines is 1. The van der Waals surface area contributed by atoms with Crippen LogP contribution in [0.4, 0.5) is 5.82 Å². The lowest BCUT2D eigenvalue weighted by Gasteiger charge is -2.26. The van der Waals surface area contributed by atoms with Crippen molar-refractivity contribution in [3.8, 4) is 0 Å². The van der Waals surface area contributed by atoms with E-state index in [2.05, 4.69) is 53.1 Å². The fourth-order valence-electron chi connectivity index (χ4n) is 3.09. The molecule has 3 rings (SSSR count). The number of aryl methyl sites for hydroxylation is 1. The van der Waals surface area contributed by atoms with Crippen molar-refractivity contribution in [1.29, 1.82) is 0 Å². The van der Waals surface area contributed by atoms with E-state index in [4.69, 9.17) is 0 Å². The summed E-state index contributed by atoms with van der Waals surface area (Å²) in [7, 11) is 2.06. The first-order chi connectivity index (χ1) is 11.2. The van der Waals surface area contributed by atoms with Gasteiger partial charge in [-0.1, -0.05) is 30.3 Å². The van der Waals surface area contributed by atoms with Crippen molar-refractivity contribution in [1.82, 2.24) is 10.3 Å². The van der Waals surface area contributed by atoms with Gasteiger partial charge in [-0.25, -0.2) is 4.98 Å². The molecule has 1 atom stereocenters. The second kappa shape index (κ2) is 6.65. The van der Waals surface area contributed by atoms with Crippen LogP contribution in [0.5, 0.6) is 0 Å². The molecule has 4 nitrogen and oxygen atoms in total. The highest BCUT2D eigenvalue weighted by Crippen LogP contribution is 2.36. The molecule has 4 heteroatoms. The molecule has 0 spiro atoms. The Bertz CT molecular complexity index is 709. The summed E-state index contributed by atoms with van der Waals surface area (Å²) < 4.78 is 0. The molecule has 0 aliphatic heterocycles. The van der Waals surface area contributed by atoms with Crippen molar-refractivity contribution >= 4 is 11.7 Å². The van der Waals surface area contributed by atoms with Crippen LogP contribution < -0.4 is 10.2 Å². The Labute approximate surface area is 136 Å². The summed E-state index contributed by atoms with van der Waals surface area (Å²) in [5, 5.41) is 2.75. The van der Waals surface area contributed by atoms with Gasteiger partial charge in [0, 0.05) is 19.8 Å². The van der Waals surface area contributed by atoms with Crippen LogP contribution in [-0.2, 0) is 6.42 Å². The number of rotatable bonds is 5. The zero-order valence-electron chi connectivity index (χ0n) is 13.3. The quantitative estimate of drug-likeness (QED) is 0.863. The molecule has 1 aromatic carbocycles. The molecule has 0 bridgehead atoms. The summed E-state index contributed by atoms with van der Waals surface area (Å²) in [6.45, 7) is 4.05. The van der Waals surface area contributed by atoms with E-state index in [0.29, 0.717) is 18.2 Å². The van der Waals surface area contributed by atoms with Crippen LogP contribution in [0.1, 0.15) is 33.9 Å². The number of carbonyl (C=O) groups is 1. The Morgan fingerprint density at radius 1 is 1.39 bits per heavy atom. The minimum Gasteiger partial charge on any atom is -0.353 e. The first-order valence-electron chi connectivity index (χ1n) is 7.86. The number of carbonyl (C=O) groups excluding carboxylic acids is 1. The average molecular weight is 307 g/mol. The Hall–Kier alpha value is -2.62. The molecule has 1 unspecified atom stereocenters. The van der Waals surface area contributed by atoms with Crippen molar-refractivity contribution in [2.24, 2.45) is 0 Å². The van der Waals surface area contributed by atoms with Gasteiger partial charge in [-0.2, -0.15) is 0 Å². The van der Waals surface area contributed by atoms with E-state index in [1.165, 1.54) is 11.1 Å². The molecule has 0 saturated heterocycles. The zero-order valence-corrected chi connectivity index (χ0v) is 13.3. The second-order valence-electron chi connectivity index (χ2n) is 5.77. The number of pyridine rings is 1. The van der Waals surface area contributed by atoms with Gasteiger partial charge in [0.05, 0.1) is 11.6 Å². The van der Waals surface area contributed by atoms with Gasteiger partial charge >= 0.3 is 0 Å². The topological polar surface area (TPSA) is 45.2 Å². The average Bonchev–Trinajstić information content (AvgIpc) is 3.03. The standard InChI is InChI=1S/C19H21N3O/c1-3-12-20-19(23)15-9-11-18(21-13-15)22(2)17-10-8-14-6-4-5-7-16(14)17/h3-7,9,11,13,17H,1,8,10,12H2,2H3,(H,20,23). The largest absolute Gasteiger partial charge is 0.353 e. The number of fused-ring (bicyclic) bond motifs is 1. The highest BCUT2D eigenvalue weighted by molar-refractivity contribution is 5.94. The van der Waals surface area contributed by atoms with Crippen molar-refractivity contribution in [3.05, 3.63) is 71.9 Å². The van der Waals surface area contributed by atoms with Gasteiger partial charge in [0.1, 0.15) is 5.82 Å². The second-order valence-corrected chi connectivity index (χ2v) is 5.77. The molecular formula is C19H21N3O. The summed E-state index contributed by atoms with van der Waals surface area (Å²) in [4.78, 5) is 18.5. The number of hydrogen-bond acceptors (Lipinski definition) is 3. The molecule has 1 aromatic heterocycles. The molecule has 1 aliphatic rings. The maximum absolute atomic E-state index is 11.9. The Balaban J connectivity index is 1.75. The molecule has 1 aliphatic carbocycles. The predicted octanol–water partition coefficient (Wildman–Crippen LogP) is 3.12. The Kier molecular flexibility index (Phi) is 4.42. The van der Waals surface area contributed by atoms with E-state index >= 15 is 0 Å². The van der Waals surface area contributed by atoms with Crippen molar-refractivity contribution in [2.45, 2.75) is 18.9 Å². The van der Waals surface area contributed by atoms with Crippen LogP contribution in [0, 0.1) is 0 Å². The van der Waals surface area contributed by atoms with Crippen molar-refractivity contribution < 1.29 is 4.79 Å². The number of nitrogens with one attached hydrogen (secondary N) is 1. The van der Waals surface area contributed by atoms with E-state index in [0.717, 1.165) is 18.7 Å². The van der Waals surface area contributed by atoms with Gasteiger partial charge in [0.2, 0.25) is 0 Å². The van der Waals surface area contributed by atoms with Gasteiger partial charge in [-0.3, -0.25) is 4.79 Å². The molecule has 1 heterocycles. The summed E-state index contributed by atoms with van der Waals surface area (Å²) in [5.41, 5.74) is 3.37. The fourth-order valence-corrected chi connectivity index (χ4v) is 3.09. The van der Waals surface area contributed by atoms with E-state index in [1.54, 1.807) is 12.3 Å². The number of benzene rings is 1. The van der Waals surface area contributed by atoms with E-state index < -0.39 is 0 Å². The van der Waals surface area contributed by atoms with Crippen LogP contribution in [-0.4, -0.2) is 24.5 Å². The smallest absolute Gasteiger partial charge is 0.253 e. The molecule has 2 aromatic rings. The molecule has 1 N–H and O–H groups in total. The van der Waals surface area contributed by atoms with Gasteiger partial charge in [0.25, 0.3) is 5.91 Å². The Morgan fingerprint density at radius 2 is 2.22 bits per heavy atom. The third-order valence-electron chi connectivity index (χ3n) is 4.35. The van der Waals surface area contributed by atoms with Gasteiger partial charge in [0.15, 0.2) is 0 Å². The van der Waals surface area contributed by atoms with Crippen LogP contribution in [0.15, 0.2) is 55.3 Å². The normalized spacial score (nSPS) is 15.8. The number of aromatic nitrogens is 1. The summed E-state index contributed by atoms with van der Waals surface area (Å²) in [6.07, 6.45) is 5.49. The first kappa shape index (κ1) is 15.3. The number of amides is 1. The summed E-state index contributed by atoms with van der Waals surface area (Å²) in [6, 6.07) is 12.6. The maximum Gasteiger partial charge on any atom is 0.253 e. The van der Waals surface area contributed by atoms with Crippen LogP contribution in [0.25, 0.3) is 0 Å². The van der Waals surface area contributed by atoms with Crippen LogP contribution in [0.2, 0.25) is 0 Å². The first-order valence-corrected chi connectivity index (χ1v) is 7.86. The van der Waals surface area contributed by atoms with E-state index in [-0.39, 0.29) is 5.91 Å². The minimum absolute atomic E-state index is 0.127. The van der Waals surface area contributed by atoms with Crippen molar-refractivity contribution in [3.63, 3.8) is 0 Å². The maximum atomic E-state index is 11.9. The third kappa shape index (κ3) is 3.11. The highest BCUT2D eigenvalue weighted by atomic mass is 16.1. The van der Waals surface area contributed by atoms with Crippen LogP contribution >= 0.6 is 0 Å². The highest BCUT2D eigenvalue weighted by Gasteiger charge is 2.26. The minimum atomic E-state index is -0.127. The molecule has 23 heavy (non-hydrogen) atoms. The molecule has 0 saturated carbocycles. The molecule has 118 valence electrons. The molecule has 0 radical (unpaired) electrons. The lowest BCUT2D eigenvalue weighted by Crippen LogP contribution is -2.25. The molecular weight excluding hydrogens is 286 g/mol. The van der Waals surface area contributed by atoms with E-state index in [1.807, 2.05) is 12.1 Å². The lowest BCUT2D eigenvalue weighted by atomic mass is 10.1. The van der Waals surface area contributed by atoms with Gasteiger partial charge < -0.3 is 10.2 Å². The predicted molar refractivity (Wildman–Crippen MR) is 92.7 cm³/mol. The van der Waals surface area contributed by atoms with E-state index in [9.17, 15) is 4.79 Å². The monoisotopic (exact) mass is 307 g/mol. The zero-order chi connectivity index (χ0) is 16.2. The lowest BCUT2D eigenvalue weighted by molar-refractivity contribution is 0.0957. The summed E-state index contributed by atoms with van der Waals surface area (Å²) in [5.74, 6) is 0.754. The SMILES string of the molecule is C=CCNC(=O)c1ccc(N(C)C2CCc3ccccc32)nc1. The van der Waals surface area contributed by atoms with Crippen molar-refractivity contribution in [2.75, 3.05) is 18.5 Å². The summed E-state index contributed by atoms with van der Waals surface area (Å²) >= 11 is 0. The third-order valence-corrected chi connectivity index (χ3v) is 4.35. The van der Waals surface area contributed by atoms with Gasteiger partial charge in [-0.15, -0.1) is 6.58 Å². The number of hydrogen-bond donors (Lipinski definition) is 1. The number of nitrogens with zero attached hydrogens (tertiary/aromatic N) is 2. The fraction of sp³-hybridized carbons (Fsp3) is 0.263. The molecule has 0 fully saturated rings. The van der Waals surface area contributed by atoms with Gasteiger partial charge in [-0.05, 0) is 36.1 Å². The van der Waals surface area contributed by atoms with Crippen LogP contribution in [0.3, 0.4) is 0 Å².